The molecule has 11 aromatic rings. The van der Waals surface area contributed by atoms with E-state index in [1.807, 2.05) is 42.5 Å². The van der Waals surface area contributed by atoms with Crippen LogP contribution in [0, 0.1) is 0 Å². The Labute approximate surface area is 327 Å². The van der Waals surface area contributed by atoms with Gasteiger partial charge in [0.05, 0.1) is 33.8 Å². The molecule has 0 fully saturated rings. The first-order chi connectivity index (χ1) is 28.3. The van der Waals surface area contributed by atoms with E-state index in [0.717, 1.165) is 67.9 Å². The average molecular weight is 732 g/mol. The molecule has 268 valence electrons. The van der Waals surface area contributed by atoms with Crippen molar-refractivity contribution in [2.75, 3.05) is 0 Å². The Morgan fingerprint density at radius 3 is 1.96 bits per heavy atom. The number of rotatable bonds is 5. The standard InChI is InChI=1S/C51H33N5O/c1-3-15-32(16-4-1)49-52-50(33-29-30-46-39(31-33)35-19-9-12-28-45(35)57-46)54-51(53-49)38-22-13-25-42-47(38)36-20-7-11-24-41(36)56(42)44-27-14-26-43-48(44)37-21-8-10-23-40(37)55(43)34-17-5-2-6-18-34/h1-21,23-31,38H,22H2. The van der Waals surface area contributed by atoms with E-state index in [0.29, 0.717) is 11.6 Å². The maximum Gasteiger partial charge on any atom is 0.163 e. The molecule has 1 aliphatic rings. The van der Waals surface area contributed by atoms with Gasteiger partial charge in [0.2, 0.25) is 0 Å². The lowest BCUT2D eigenvalue weighted by Crippen LogP contribution is -2.13. The van der Waals surface area contributed by atoms with Gasteiger partial charge in [-0.25, -0.2) is 15.0 Å². The van der Waals surface area contributed by atoms with Gasteiger partial charge in [-0.15, -0.1) is 0 Å². The summed E-state index contributed by atoms with van der Waals surface area (Å²) in [5.74, 6) is 1.95. The van der Waals surface area contributed by atoms with Crippen LogP contribution >= 0.6 is 0 Å². The third-order valence-corrected chi connectivity index (χ3v) is 11.5. The third kappa shape index (κ3) is 4.87. The second-order valence-corrected chi connectivity index (χ2v) is 14.7. The average Bonchev–Trinajstić information content (AvgIpc) is 3.94. The molecule has 1 unspecified atom stereocenters. The van der Waals surface area contributed by atoms with Crippen molar-refractivity contribution in [1.82, 2.24) is 24.1 Å². The molecular weight excluding hydrogens is 699 g/mol. The van der Waals surface area contributed by atoms with E-state index in [4.69, 9.17) is 19.4 Å². The molecule has 0 spiro atoms. The monoisotopic (exact) mass is 731 g/mol. The smallest absolute Gasteiger partial charge is 0.163 e. The first kappa shape index (κ1) is 31.7. The van der Waals surface area contributed by atoms with Gasteiger partial charge in [-0.2, -0.15) is 0 Å². The summed E-state index contributed by atoms with van der Waals surface area (Å²) < 4.78 is 11.0. The Morgan fingerprint density at radius 2 is 1.14 bits per heavy atom. The van der Waals surface area contributed by atoms with E-state index < -0.39 is 0 Å². The minimum Gasteiger partial charge on any atom is -0.456 e. The van der Waals surface area contributed by atoms with Crippen LogP contribution < -0.4 is 0 Å². The predicted octanol–water partition coefficient (Wildman–Crippen LogP) is 12.7. The molecule has 0 saturated heterocycles. The lowest BCUT2D eigenvalue weighted by atomic mass is 9.88. The van der Waals surface area contributed by atoms with E-state index in [-0.39, 0.29) is 5.92 Å². The van der Waals surface area contributed by atoms with Gasteiger partial charge in [-0.1, -0.05) is 115 Å². The van der Waals surface area contributed by atoms with Crippen LogP contribution in [-0.4, -0.2) is 24.1 Å². The number of fused-ring (bicyclic) bond motifs is 9. The number of para-hydroxylation sites is 4. The van der Waals surface area contributed by atoms with Gasteiger partial charge in [0, 0.05) is 43.7 Å². The fourth-order valence-corrected chi connectivity index (χ4v) is 9.04. The quantitative estimate of drug-likeness (QED) is 0.177. The number of hydrogen-bond donors (Lipinski definition) is 0. The SMILES string of the molecule is C1=Cc2c(c3ccccc3n2-c2cccc3c2c2ccccc2n3-c2ccccc2)C(c2nc(-c3ccccc3)nc(-c3ccc4oc5ccccc5c4c3)n2)C1. The van der Waals surface area contributed by atoms with Crippen molar-refractivity contribution in [3.63, 3.8) is 0 Å². The summed E-state index contributed by atoms with van der Waals surface area (Å²) in [4.78, 5) is 15.7. The van der Waals surface area contributed by atoms with Crippen LogP contribution in [0.3, 0.4) is 0 Å². The molecule has 57 heavy (non-hydrogen) atoms. The Balaban J connectivity index is 1.09. The molecule has 0 saturated carbocycles. The van der Waals surface area contributed by atoms with E-state index in [9.17, 15) is 0 Å². The highest BCUT2D eigenvalue weighted by atomic mass is 16.3. The zero-order valence-corrected chi connectivity index (χ0v) is 30.7. The summed E-state index contributed by atoms with van der Waals surface area (Å²) in [6, 6.07) is 59.5. The van der Waals surface area contributed by atoms with Crippen molar-refractivity contribution in [2.45, 2.75) is 12.3 Å². The number of nitrogens with zero attached hydrogens (tertiary/aromatic N) is 5. The third-order valence-electron chi connectivity index (χ3n) is 11.5. The Bertz CT molecular complexity index is 3390. The highest BCUT2D eigenvalue weighted by molar-refractivity contribution is 6.14. The number of allylic oxidation sites excluding steroid dienone is 1. The van der Waals surface area contributed by atoms with Crippen LogP contribution in [0.5, 0.6) is 0 Å². The van der Waals surface area contributed by atoms with Gasteiger partial charge < -0.3 is 13.6 Å². The van der Waals surface area contributed by atoms with E-state index >= 15 is 0 Å². The molecule has 0 amide bonds. The minimum atomic E-state index is -0.108. The summed E-state index contributed by atoms with van der Waals surface area (Å²) in [6.07, 6.45) is 5.34. The van der Waals surface area contributed by atoms with Crippen LogP contribution in [0.1, 0.15) is 29.4 Å². The van der Waals surface area contributed by atoms with E-state index in [2.05, 4.69) is 149 Å². The molecule has 4 heterocycles. The zero-order chi connectivity index (χ0) is 37.5. The molecule has 6 heteroatoms. The Morgan fingerprint density at radius 1 is 0.491 bits per heavy atom. The largest absolute Gasteiger partial charge is 0.456 e. The molecule has 0 bridgehead atoms. The van der Waals surface area contributed by atoms with Crippen molar-refractivity contribution in [1.29, 1.82) is 0 Å². The van der Waals surface area contributed by atoms with Crippen molar-refractivity contribution in [2.24, 2.45) is 0 Å². The minimum absolute atomic E-state index is 0.108. The van der Waals surface area contributed by atoms with Crippen molar-refractivity contribution in [3.05, 3.63) is 193 Å². The van der Waals surface area contributed by atoms with Gasteiger partial charge in [-0.05, 0) is 78.7 Å². The summed E-state index contributed by atoms with van der Waals surface area (Å²) in [5, 5.41) is 5.74. The molecule has 6 nitrogen and oxygen atoms in total. The second-order valence-electron chi connectivity index (χ2n) is 14.7. The number of furan rings is 1. The number of benzene rings is 7. The fourth-order valence-electron chi connectivity index (χ4n) is 9.04. The molecule has 7 aromatic carbocycles. The maximum absolute atomic E-state index is 6.18. The normalized spacial score (nSPS) is 14.0. The van der Waals surface area contributed by atoms with Crippen LogP contribution in [0.2, 0.25) is 0 Å². The first-order valence-corrected chi connectivity index (χ1v) is 19.4. The highest BCUT2D eigenvalue weighted by Crippen LogP contribution is 2.45. The maximum atomic E-state index is 6.18. The lowest BCUT2D eigenvalue weighted by Gasteiger charge is -2.21. The van der Waals surface area contributed by atoms with Gasteiger partial charge in [0.15, 0.2) is 11.6 Å². The van der Waals surface area contributed by atoms with Crippen LogP contribution in [0.4, 0.5) is 0 Å². The second kappa shape index (κ2) is 12.5. The molecular formula is C51H33N5O. The predicted molar refractivity (Wildman–Crippen MR) is 231 cm³/mol. The number of hydrogen-bond acceptors (Lipinski definition) is 4. The Hall–Kier alpha value is -7.57. The molecule has 0 radical (unpaired) electrons. The van der Waals surface area contributed by atoms with Gasteiger partial charge in [0.25, 0.3) is 0 Å². The molecule has 1 aliphatic carbocycles. The van der Waals surface area contributed by atoms with Gasteiger partial charge in [0.1, 0.15) is 17.0 Å². The molecule has 0 aliphatic heterocycles. The summed E-state index contributed by atoms with van der Waals surface area (Å²) in [6.45, 7) is 0. The van der Waals surface area contributed by atoms with E-state index in [1.54, 1.807) is 0 Å². The first-order valence-electron chi connectivity index (χ1n) is 19.4. The lowest BCUT2D eigenvalue weighted by molar-refractivity contribution is 0.669. The van der Waals surface area contributed by atoms with Crippen molar-refractivity contribution >= 4 is 60.7 Å². The van der Waals surface area contributed by atoms with Crippen LogP contribution in [-0.2, 0) is 0 Å². The van der Waals surface area contributed by atoms with Crippen LogP contribution in [0.15, 0.2) is 180 Å². The van der Waals surface area contributed by atoms with Crippen molar-refractivity contribution in [3.8, 4) is 34.2 Å². The molecule has 4 aromatic heterocycles. The van der Waals surface area contributed by atoms with Crippen molar-refractivity contribution < 1.29 is 4.42 Å². The summed E-state index contributed by atoms with van der Waals surface area (Å²) >= 11 is 0. The van der Waals surface area contributed by atoms with E-state index in [1.165, 1.54) is 32.8 Å². The fraction of sp³-hybridized carbons (Fsp3) is 0.0392. The zero-order valence-electron chi connectivity index (χ0n) is 30.7. The number of aromatic nitrogens is 5. The molecule has 1 atom stereocenters. The molecule has 12 rings (SSSR count). The summed E-state index contributed by atoms with van der Waals surface area (Å²) in [7, 11) is 0. The van der Waals surface area contributed by atoms with Gasteiger partial charge >= 0.3 is 0 Å². The highest BCUT2D eigenvalue weighted by Gasteiger charge is 2.31. The summed E-state index contributed by atoms with van der Waals surface area (Å²) in [5.41, 5.74) is 11.7. The molecule has 0 N–H and O–H groups in total. The Kier molecular flexibility index (Phi) is 6.95. The van der Waals surface area contributed by atoms with Crippen LogP contribution in [0.25, 0.3) is 94.9 Å². The topological polar surface area (TPSA) is 61.7 Å². The van der Waals surface area contributed by atoms with Gasteiger partial charge in [-0.3, -0.25) is 0 Å².